The van der Waals surface area contributed by atoms with Gasteiger partial charge in [-0.05, 0) is 24.3 Å². The van der Waals surface area contributed by atoms with E-state index in [1.165, 1.54) is 16.4 Å². The number of esters is 1. The number of morpholine rings is 1. The Hall–Kier alpha value is -1.78. The Morgan fingerprint density at radius 1 is 1.18 bits per heavy atom. The minimum Gasteiger partial charge on any atom is -0.457 e. The Bertz CT molecular complexity index is 966. The maximum atomic E-state index is 12.6. The molecule has 0 atom stereocenters. The molecule has 0 amide bonds. The normalized spacial score (nSPS) is 15.3. The summed E-state index contributed by atoms with van der Waals surface area (Å²) in [4.78, 5) is 24.6. The van der Waals surface area contributed by atoms with Gasteiger partial charge < -0.3 is 9.47 Å². The minimum atomic E-state index is -3.59. The van der Waals surface area contributed by atoms with Crippen LogP contribution in [-0.2, 0) is 30.7 Å². The highest BCUT2D eigenvalue weighted by Gasteiger charge is 2.28. The summed E-state index contributed by atoms with van der Waals surface area (Å²) in [7, 11) is -3.59. The van der Waals surface area contributed by atoms with Gasteiger partial charge in [-0.15, -0.1) is 11.3 Å². The molecule has 0 spiro atoms. The van der Waals surface area contributed by atoms with Gasteiger partial charge in [0.2, 0.25) is 0 Å². The van der Waals surface area contributed by atoms with Crippen LogP contribution in [0.3, 0.4) is 0 Å². The third-order valence-corrected chi connectivity index (χ3v) is 7.72. The van der Waals surface area contributed by atoms with Crippen molar-refractivity contribution in [1.82, 2.24) is 4.31 Å². The number of nitrogens with zero attached hydrogens (tertiary/aromatic N) is 1. The largest absolute Gasteiger partial charge is 0.457 e. The van der Waals surface area contributed by atoms with Gasteiger partial charge in [0.25, 0.3) is 10.0 Å². The number of Topliss-reactive ketones (excluding diaryl/α,β-unsaturated/α-hetero) is 1. The lowest BCUT2D eigenvalue weighted by molar-refractivity contribution is -0.141. The van der Waals surface area contributed by atoms with Crippen molar-refractivity contribution in [1.29, 1.82) is 0 Å². The molecule has 0 bridgehead atoms. The summed E-state index contributed by atoms with van der Waals surface area (Å²) in [5.41, 5.74) is 0.357. The predicted molar refractivity (Wildman–Crippen MR) is 104 cm³/mol. The maximum absolute atomic E-state index is 12.6. The Labute approximate surface area is 171 Å². The molecule has 28 heavy (non-hydrogen) atoms. The van der Waals surface area contributed by atoms with Gasteiger partial charge in [0.1, 0.15) is 4.21 Å². The lowest BCUT2D eigenvalue weighted by atomic mass is 10.1. The summed E-state index contributed by atoms with van der Waals surface area (Å²) in [5, 5.41) is 0.421. The van der Waals surface area contributed by atoms with Crippen molar-refractivity contribution in [2.75, 3.05) is 32.9 Å². The highest BCUT2D eigenvalue weighted by Crippen LogP contribution is 2.26. The Kier molecular flexibility index (Phi) is 6.84. The quantitative estimate of drug-likeness (QED) is 0.482. The van der Waals surface area contributed by atoms with Gasteiger partial charge in [0, 0.05) is 28.6 Å². The van der Waals surface area contributed by atoms with E-state index in [0.29, 0.717) is 41.8 Å². The van der Waals surface area contributed by atoms with E-state index in [-0.39, 0.29) is 16.4 Å². The molecule has 3 rings (SSSR count). The van der Waals surface area contributed by atoms with Crippen LogP contribution in [0.2, 0.25) is 5.02 Å². The van der Waals surface area contributed by atoms with E-state index in [9.17, 15) is 18.0 Å². The number of ketones is 1. The molecule has 0 saturated carbocycles. The van der Waals surface area contributed by atoms with Gasteiger partial charge in [-0.2, -0.15) is 4.31 Å². The van der Waals surface area contributed by atoms with E-state index < -0.39 is 22.6 Å². The van der Waals surface area contributed by atoms with Crippen LogP contribution < -0.4 is 0 Å². The summed E-state index contributed by atoms with van der Waals surface area (Å²) in [6.07, 6.45) is -0.105. The molecule has 1 aromatic carbocycles. The molecule has 2 aromatic rings. The standard InChI is InChI=1S/C18H18ClNO6S2/c19-14-3-1-2-13(10-14)16(21)12-26-17(22)11-15-4-5-18(27-15)28(23,24)20-6-8-25-9-7-20/h1-5,10H,6-9,11-12H2. The van der Waals surface area contributed by atoms with E-state index in [1.54, 1.807) is 24.3 Å². The number of rotatable bonds is 7. The third-order valence-electron chi connectivity index (χ3n) is 4.03. The van der Waals surface area contributed by atoms with Crippen molar-refractivity contribution in [2.45, 2.75) is 10.6 Å². The number of hydrogen-bond donors (Lipinski definition) is 0. The minimum absolute atomic E-state index is 0.105. The van der Waals surface area contributed by atoms with Crippen LogP contribution in [0, 0.1) is 0 Å². The molecule has 1 aromatic heterocycles. The summed E-state index contributed by atoms with van der Waals surface area (Å²) in [6.45, 7) is 0.949. The topological polar surface area (TPSA) is 90.0 Å². The van der Waals surface area contributed by atoms with Crippen molar-refractivity contribution in [3.05, 3.63) is 51.9 Å². The predicted octanol–water partition coefficient (Wildman–Crippen LogP) is 2.39. The first-order valence-electron chi connectivity index (χ1n) is 8.47. The summed E-state index contributed by atoms with van der Waals surface area (Å²) in [5.74, 6) is -0.967. The van der Waals surface area contributed by atoms with Gasteiger partial charge in [0.05, 0.1) is 19.6 Å². The molecule has 0 N–H and O–H groups in total. The fourth-order valence-electron chi connectivity index (χ4n) is 2.59. The third kappa shape index (κ3) is 5.18. The average molecular weight is 444 g/mol. The number of benzene rings is 1. The molecule has 1 aliphatic heterocycles. The molecular weight excluding hydrogens is 426 g/mol. The summed E-state index contributed by atoms with van der Waals surface area (Å²) in [6, 6.07) is 9.43. The Morgan fingerprint density at radius 3 is 2.64 bits per heavy atom. The van der Waals surface area contributed by atoms with E-state index >= 15 is 0 Å². The molecule has 7 nitrogen and oxygen atoms in total. The smallest absolute Gasteiger partial charge is 0.311 e. The molecule has 2 heterocycles. The van der Waals surface area contributed by atoms with Crippen LogP contribution in [-0.4, -0.2) is 57.4 Å². The SMILES string of the molecule is O=C(Cc1ccc(S(=O)(=O)N2CCOCC2)s1)OCC(=O)c1cccc(Cl)c1. The van der Waals surface area contributed by atoms with Crippen molar-refractivity contribution in [3.63, 3.8) is 0 Å². The van der Waals surface area contributed by atoms with Crippen LogP contribution in [0.1, 0.15) is 15.2 Å². The molecule has 0 radical (unpaired) electrons. The highest BCUT2D eigenvalue weighted by atomic mass is 35.5. The van der Waals surface area contributed by atoms with Crippen LogP contribution in [0.5, 0.6) is 0 Å². The van der Waals surface area contributed by atoms with Crippen molar-refractivity contribution >= 4 is 44.7 Å². The monoisotopic (exact) mass is 443 g/mol. The molecule has 1 aliphatic rings. The Morgan fingerprint density at radius 2 is 1.93 bits per heavy atom. The molecular formula is C18H18ClNO6S2. The molecule has 150 valence electrons. The zero-order chi connectivity index (χ0) is 20.1. The van der Waals surface area contributed by atoms with Crippen LogP contribution in [0.4, 0.5) is 0 Å². The fourth-order valence-corrected chi connectivity index (χ4v) is 5.68. The van der Waals surface area contributed by atoms with Gasteiger partial charge in [0.15, 0.2) is 12.4 Å². The number of ether oxygens (including phenoxy) is 2. The summed E-state index contributed by atoms with van der Waals surface area (Å²) < 4.78 is 36.9. The second kappa shape index (κ2) is 9.15. The van der Waals surface area contributed by atoms with Crippen molar-refractivity contribution < 1.29 is 27.5 Å². The lowest BCUT2D eigenvalue weighted by Gasteiger charge is -2.25. The number of hydrogen-bond acceptors (Lipinski definition) is 7. The first kappa shape index (κ1) is 20.9. The first-order valence-corrected chi connectivity index (χ1v) is 11.1. The van der Waals surface area contributed by atoms with E-state index in [1.807, 2.05) is 0 Å². The molecule has 10 heteroatoms. The van der Waals surface area contributed by atoms with Crippen LogP contribution >= 0.6 is 22.9 Å². The molecule has 0 aliphatic carbocycles. The second-order valence-electron chi connectivity index (χ2n) is 6.01. The van der Waals surface area contributed by atoms with Gasteiger partial charge >= 0.3 is 5.97 Å². The number of carbonyl (C=O) groups is 2. The fraction of sp³-hybridized carbons (Fsp3) is 0.333. The first-order chi connectivity index (χ1) is 13.4. The van der Waals surface area contributed by atoms with Crippen molar-refractivity contribution in [3.8, 4) is 0 Å². The maximum Gasteiger partial charge on any atom is 0.311 e. The van der Waals surface area contributed by atoms with E-state index in [0.717, 1.165) is 11.3 Å². The Balaban J connectivity index is 1.56. The van der Waals surface area contributed by atoms with Crippen LogP contribution in [0.15, 0.2) is 40.6 Å². The number of thiophene rings is 1. The van der Waals surface area contributed by atoms with Gasteiger partial charge in [-0.25, -0.2) is 8.42 Å². The second-order valence-corrected chi connectivity index (χ2v) is 9.78. The number of carbonyl (C=O) groups excluding carboxylic acids is 2. The van der Waals surface area contributed by atoms with Gasteiger partial charge in [-0.1, -0.05) is 23.7 Å². The zero-order valence-electron chi connectivity index (χ0n) is 14.8. The van der Waals surface area contributed by atoms with Crippen molar-refractivity contribution in [2.24, 2.45) is 0 Å². The lowest BCUT2D eigenvalue weighted by Crippen LogP contribution is -2.40. The van der Waals surface area contributed by atoms with Crippen LogP contribution in [0.25, 0.3) is 0 Å². The van der Waals surface area contributed by atoms with Gasteiger partial charge in [-0.3, -0.25) is 9.59 Å². The molecule has 0 unspecified atom stereocenters. The summed E-state index contributed by atoms with van der Waals surface area (Å²) >= 11 is 6.86. The van der Waals surface area contributed by atoms with E-state index in [4.69, 9.17) is 21.1 Å². The average Bonchev–Trinajstić information content (AvgIpc) is 3.16. The zero-order valence-corrected chi connectivity index (χ0v) is 17.2. The number of halogens is 1. The number of sulfonamides is 1. The highest BCUT2D eigenvalue weighted by molar-refractivity contribution is 7.91. The molecule has 1 fully saturated rings. The van der Waals surface area contributed by atoms with E-state index in [2.05, 4.69) is 0 Å². The molecule has 1 saturated heterocycles.